The number of fused-ring (bicyclic) bond motifs is 1. The second kappa shape index (κ2) is 7.49. The number of carbonyl (C=O) groups is 1. The summed E-state index contributed by atoms with van der Waals surface area (Å²) in [5, 5.41) is 0. The number of hydrogen-bond donors (Lipinski definition) is 0. The highest BCUT2D eigenvalue weighted by molar-refractivity contribution is 14.1. The molecule has 0 saturated carbocycles. The summed E-state index contributed by atoms with van der Waals surface area (Å²) >= 11 is 2.23. The number of benzene rings is 2. The average molecular weight is 442 g/mol. The van der Waals surface area contributed by atoms with Crippen LogP contribution in [0.25, 0.3) is 0 Å². The van der Waals surface area contributed by atoms with Gasteiger partial charge in [-0.25, -0.2) is 4.79 Å². The number of hydrogen-bond acceptors (Lipinski definition) is 4. The Balaban J connectivity index is 1.72. The van der Waals surface area contributed by atoms with E-state index < -0.39 is 14.6 Å². The van der Waals surface area contributed by atoms with Crippen LogP contribution in [0.2, 0.25) is 0 Å². The third kappa shape index (κ3) is 3.96. The van der Waals surface area contributed by atoms with Crippen LogP contribution in [0.4, 0.5) is 0 Å². The molecule has 0 radical (unpaired) electrons. The first-order valence-corrected chi connectivity index (χ1v) is 9.60. The molecule has 2 aromatic rings. The first-order chi connectivity index (χ1) is 11.2. The van der Waals surface area contributed by atoms with Crippen molar-refractivity contribution in [3.8, 4) is 11.5 Å². The standard InChI is InChI=1S/C17H16IO4P/c1-2-3-6-12-9-10-16(14(18)11-12)21-23-20-15-8-5-4-7-13(15)17(19)22-23/h4-5,7-11H,2-3,6H2,1H3. The van der Waals surface area contributed by atoms with E-state index in [-0.39, 0.29) is 0 Å². The topological polar surface area (TPSA) is 44.8 Å². The maximum absolute atomic E-state index is 12.0. The lowest BCUT2D eigenvalue weighted by atomic mass is 10.1. The van der Waals surface area contributed by atoms with Crippen LogP contribution in [-0.4, -0.2) is 5.97 Å². The molecule has 1 atom stereocenters. The molecule has 6 heteroatoms. The lowest BCUT2D eigenvalue weighted by Gasteiger charge is -2.22. The van der Waals surface area contributed by atoms with Gasteiger partial charge in [0, 0.05) is 0 Å². The molecule has 23 heavy (non-hydrogen) atoms. The molecule has 4 nitrogen and oxygen atoms in total. The van der Waals surface area contributed by atoms with Crippen molar-refractivity contribution in [1.82, 2.24) is 0 Å². The van der Waals surface area contributed by atoms with Crippen LogP contribution >= 0.6 is 31.2 Å². The highest BCUT2D eigenvalue weighted by Crippen LogP contribution is 2.47. The van der Waals surface area contributed by atoms with E-state index in [9.17, 15) is 4.79 Å². The van der Waals surface area contributed by atoms with Crippen LogP contribution in [0, 0.1) is 3.57 Å². The van der Waals surface area contributed by atoms with Gasteiger partial charge >= 0.3 is 14.6 Å². The van der Waals surface area contributed by atoms with E-state index in [1.54, 1.807) is 18.2 Å². The molecule has 0 aromatic heterocycles. The third-order valence-electron chi connectivity index (χ3n) is 3.43. The Hall–Kier alpha value is -1.33. The molecule has 1 aliphatic heterocycles. The summed E-state index contributed by atoms with van der Waals surface area (Å²) in [5.74, 6) is 0.765. The molecule has 0 bridgehead atoms. The van der Waals surface area contributed by atoms with Gasteiger partial charge in [0.05, 0.1) is 3.57 Å². The van der Waals surface area contributed by atoms with Crippen molar-refractivity contribution < 1.29 is 18.4 Å². The minimum atomic E-state index is -1.77. The first-order valence-electron chi connectivity index (χ1n) is 7.43. The fraction of sp³-hybridized carbons (Fsp3) is 0.235. The third-order valence-corrected chi connectivity index (χ3v) is 5.27. The predicted octanol–water partition coefficient (Wildman–Crippen LogP) is 5.49. The minimum absolute atomic E-state index is 0.410. The summed E-state index contributed by atoms with van der Waals surface area (Å²) in [7, 11) is -1.77. The smallest absolute Gasteiger partial charge is 0.408 e. The molecule has 1 unspecified atom stereocenters. The van der Waals surface area contributed by atoms with Crippen molar-refractivity contribution in [1.29, 1.82) is 0 Å². The van der Waals surface area contributed by atoms with Gasteiger partial charge in [-0.05, 0) is 65.3 Å². The highest BCUT2D eigenvalue weighted by Gasteiger charge is 2.32. The molecule has 2 aromatic carbocycles. The van der Waals surface area contributed by atoms with Gasteiger partial charge in [0.15, 0.2) is 0 Å². The van der Waals surface area contributed by atoms with Gasteiger partial charge in [-0.2, -0.15) is 0 Å². The Labute approximate surface area is 150 Å². The summed E-state index contributed by atoms with van der Waals surface area (Å²) < 4.78 is 17.6. The van der Waals surface area contributed by atoms with Crippen LogP contribution in [0.1, 0.15) is 35.7 Å². The van der Waals surface area contributed by atoms with E-state index in [0.29, 0.717) is 17.1 Å². The molecule has 0 saturated heterocycles. The Morgan fingerprint density at radius 1 is 1.17 bits per heavy atom. The Morgan fingerprint density at radius 3 is 2.78 bits per heavy atom. The maximum Gasteiger partial charge on any atom is 0.532 e. The molecule has 0 aliphatic carbocycles. The highest BCUT2D eigenvalue weighted by atomic mass is 127. The molecular formula is C17H16IO4P. The SMILES string of the molecule is CCCCc1ccc(OP2OC(=O)c3ccccc3O2)c(I)c1. The lowest BCUT2D eigenvalue weighted by molar-refractivity contribution is 0.0697. The Morgan fingerprint density at radius 2 is 2.00 bits per heavy atom. The van der Waals surface area contributed by atoms with E-state index in [0.717, 1.165) is 9.99 Å². The summed E-state index contributed by atoms with van der Waals surface area (Å²) in [6.07, 6.45) is 3.39. The molecule has 1 aliphatic rings. The van der Waals surface area contributed by atoms with Gasteiger partial charge in [0.2, 0.25) is 0 Å². The van der Waals surface area contributed by atoms with Crippen molar-refractivity contribution >= 4 is 37.2 Å². The molecule has 120 valence electrons. The molecule has 0 spiro atoms. The van der Waals surface area contributed by atoms with Crippen molar-refractivity contribution in [2.45, 2.75) is 26.2 Å². The first kappa shape index (κ1) is 16.5. The number of aryl methyl sites for hydroxylation is 1. The Bertz CT molecular complexity index is 719. The minimum Gasteiger partial charge on any atom is -0.408 e. The number of para-hydroxylation sites is 1. The molecule has 0 fully saturated rings. The van der Waals surface area contributed by atoms with Crippen molar-refractivity contribution in [3.05, 3.63) is 57.2 Å². The van der Waals surface area contributed by atoms with Crippen LogP contribution in [0.5, 0.6) is 11.5 Å². The zero-order valence-corrected chi connectivity index (χ0v) is 15.7. The monoisotopic (exact) mass is 442 g/mol. The fourth-order valence-corrected chi connectivity index (χ4v) is 4.05. The van der Waals surface area contributed by atoms with Gasteiger partial charge in [0.1, 0.15) is 17.1 Å². The van der Waals surface area contributed by atoms with Crippen LogP contribution in [0.15, 0.2) is 42.5 Å². The van der Waals surface area contributed by atoms with E-state index in [4.69, 9.17) is 13.6 Å². The molecule has 3 rings (SSSR count). The van der Waals surface area contributed by atoms with Gasteiger partial charge in [-0.1, -0.05) is 31.5 Å². The van der Waals surface area contributed by atoms with E-state index >= 15 is 0 Å². The van der Waals surface area contributed by atoms with Gasteiger partial charge < -0.3 is 13.6 Å². The van der Waals surface area contributed by atoms with Crippen molar-refractivity contribution in [2.24, 2.45) is 0 Å². The van der Waals surface area contributed by atoms with Gasteiger partial charge in [-0.15, -0.1) is 0 Å². The van der Waals surface area contributed by atoms with E-state index in [2.05, 4.69) is 35.6 Å². The van der Waals surface area contributed by atoms with Crippen molar-refractivity contribution in [2.75, 3.05) is 0 Å². The zero-order chi connectivity index (χ0) is 16.2. The zero-order valence-electron chi connectivity index (χ0n) is 12.6. The van der Waals surface area contributed by atoms with E-state index in [1.807, 2.05) is 18.2 Å². The van der Waals surface area contributed by atoms with Crippen LogP contribution in [0.3, 0.4) is 0 Å². The maximum atomic E-state index is 12.0. The number of rotatable bonds is 5. The lowest BCUT2D eigenvalue weighted by Crippen LogP contribution is -2.14. The number of carbonyl (C=O) groups excluding carboxylic acids is 1. The summed E-state index contributed by atoms with van der Waals surface area (Å²) in [4.78, 5) is 12.0. The average Bonchev–Trinajstić information content (AvgIpc) is 2.55. The van der Waals surface area contributed by atoms with E-state index in [1.165, 1.54) is 18.4 Å². The summed E-state index contributed by atoms with van der Waals surface area (Å²) in [5.41, 5.74) is 1.71. The van der Waals surface area contributed by atoms with Crippen LogP contribution in [-0.2, 0) is 10.9 Å². The Kier molecular flexibility index (Phi) is 5.38. The second-order valence-electron chi connectivity index (χ2n) is 5.15. The number of halogens is 1. The normalized spacial score (nSPS) is 16.3. The van der Waals surface area contributed by atoms with Gasteiger partial charge in [0.25, 0.3) is 0 Å². The largest absolute Gasteiger partial charge is 0.532 e. The second-order valence-corrected chi connectivity index (χ2v) is 7.31. The quantitative estimate of drug-likeness (QED) is 0.454. The predicted molar refractivity (Wildman–Crippen MR) is 97.8 cm³/mol. The molecule has 0 amide bonds. The summed E-state index contributed by atoms with van der Waals surface area (Å²) in [6, 6.07) is 13.1. The van der Waals surface area contributed by atoms with Crippen molar-refractivity contribution in [3.63, 3.8) is 0 Å². The number of unbranched alkanes of at least 4 members (excludes halogenated alkanes) is 1. The molecular weight excluding hydrogens is 426 g/mol. The molecule has 1 heterocycles. The summed E-state index contributed by atoms with van der Waals surface area (Å²) in [6.45, 7) is 2.18. The fourth-order valence-electron chi connectivity index (χ4n) is 2.20. The van der Waals surface area contributed by atoms with Gasteiger partial charge in [-0.3, -0.25) is 0 Å². The molecule has 0 N–H and O–H groups in total. The van der Waals surface area contributed by atoms with Crippen LogP contribution < -0.4 is 9.05 Å².